The van der Waals surface area contributed by atoms with Crippen LogP contribution in [0.15, 0.2) is 48.7 Å². The van der Waals surface area contributed by atoms with E-state index in [2.05, 4.69) is 15.1 Å². The van der Waals surface area contributed by atoms with Crippen molar-refractivity contribution in [2.24, 2.45) is 0 Å². The standard InChI is InChI=1S/C22H18F2N6O2/c23-16-6-2-1-4-12(16)9-30-19-14(5-3-7-17(19)24)18(28-30)21-26-8-15(20(25)27-21)22(32)29-10-13(31)11-29/h1-8,13,31H,9-11H2,(H2,25,26,27). The van der Waals surface area contributed by atoms with Gasteiger partial charge in [0, 0.05) is 30.2 Å². The van der Waals surface area contributed by atoms with Crippen LogP contribution in [0.5, 0.6) is 0 Å². The molecule has 3 N–H and O–H groups in total. The molecule has 1 saturated heterocycles. The number of hydrogen-bond donors (Lipinski definition) is 2. The normalized spacial score (nSPS) is 14.0. The number of anilines is 1. The molecule has 32 heavy (non-hydrogen) atoms. The maximum absolute atomic E-state index is 14.7. The summed E-state index contributed by atoms with van der Waals surface area (Å²) in [7, 11) is 0. The van der Waals surface area contributed by atoms with Crippen LogP contribution in [-0.4, -0.2) is 54.9 Å². The van der Waals surface area contributed by atoms with Gasteiger partial charge < -0.3 is 15.7 Å². The zero-order chi connectivity index (χ0) is 22.4. The Hall–Kier alpha value is -3.92. The molecule has 4 aromatic rings. The minimum atomic E-state index is -0.542. The number of fused-ring (bicyclic) bond motifs is 1. The summed E-state index contributed by atoms with van der Waals surface area (Å²) in [5, 5.41) is 14.3. The van der Waals surface area contributed by atoms with Crippen molar-refractivity contribution in [3.05, 3.63) is 71.4 Å². The molecule has 2 aromatic heterocycles. The van der Waals surface area contributed by atoms with Crippen molar-refractivity contribution >= 4 is 22.6 Å². The van der Waals surface area contributed by atoms with Crippen LogP contribution in [0.1, 0.15) is 15.9 Å². The number of β-amino-alcohol motifs (C(OH)–C–C–N with tert-alkyl or cyclic N) is 1. The number of nitrogens with zero attached hydrogens (tertiary/aromatic N) is 5. The number of hydrogen-bond acceptors (Lipinski definition) is 6. The summed E-state index contributed by atoms with van der Waals surface area (Å²) in [6, 6.07) is 10.7. The number of rotatable bonds is 4. The average Bonchev–Trinajstić information content (AvgIpc) is 3.12. The lowest BCUT2D eigenvalue weighted by atomic mass is 10.1. The van der Waals surface area contributed by atoms with Gasteiger partial charge in [-0.25, -0.2) is 18.7 Å². The molecule has 1 aliphatic heterocycles. The highest BCUT2D eigenvalue weighted by molar-refractivity contribution is 5.99. The van der Waals surface area contributed by atoms with Crippen LogP contribution in [0.4, 0.5) is 14.6 Å². The van der Waals surface area contributed by atoms with Gasteiger partial charge >= 0.3 is 0 Å². The van der Waals surface area contributed by atoms with E-state index < -0.39 is 17.7 Å². The Labute approximate surface area is 180 Å². The highest BCUT2D eigenvalue weighted by Gasteiger charge is 2.31. The quantitative estimate of drug-likeness (QED) is 0.508. The largest absolute Gasteiger partial charge is 0.389 e. The number of aliphatic hydroxyl groups excluding tert-OH is 1. The number of carbonyl (C=O) groups is 1. The van der Waals surface area contributed by atoms with E-state index in [4.69, 9.17) is 5.73 Å². The Balaban J connectivity index is 1.56. The van der Waals surface area contributed by atoms with Crippen LogP contribution < -0.4 is 5.73 Å². The number of nitrogens with two attached hydrogens (primary N) is 1. The maximum Gasteiger partial charge on any atom is 0.259 e. The van der Waals surface area contributed by atoms with Gasteiger partial charge in [-0.2, -0.15) is 5.10 Å². The second kappa shape index (κ2) is 7.65. The molecule has 2 aromatic carbocycles. The first-order valence-corrected chi connectivity index (χ1v) is 9.91. The van der Waals surface area contributed by atoms with Crippen LogP contribution in [0.3, 0.4) is 0 Å². The van der Waals surface area contributed by atoms with Crippen molar-refractivity contribution in [2.75, 3.05) is 18.8 Å². The summed E-state index contributed by atoms with van der Waals surface area (Å²) in [5.41, 5.74) is 6.93. The van der Waals surface area contributed by atoms with Crippen LogP contribution in [0.2, 0.25) is 0 Å². The van der Waals surface area contributed by atoms with E-state index in [1.54, 1.807) is 24.3 Å². The number of likely N-dealkylation sites (tertiary alicyclic amines) is 1. The molecule has 1 fully saturated rings. The first-order valence-electron chi connectivity index (χ1n) is 9.91. The van der Waals surface area contributed by atoms with Gasteiger partial charge in [-0.1, -0.05) is 30.3 Å². The first-order chi connectivity index (χ1) is 15.4. The molecule has 10 heteroatoms. The number of amides is 1. The molecule has 0 unspecified atom stereocenters. The molecule has 0 spiro atoms. The van der Waals surface area contributed by atoms with Gasteiger partial charge in [0.2, 0.25) is 0 Å². The smallest absolute Gasteiger partial charge is 0.259 e. The molecule has 3 heterocycles. The van der Waals surface area contributed by atoms with Gasteiger partial charge in [0.05, 0.1) is 12.6 Å². The van der Waals surface area contributed by atoms with Gasteiger partial charge in [-0.3, -0.25) is 9.48 Å². The Morgan fingerprint density at radius 1 is 1.12 bits per heavy atom. The maximum atomic E-state index is 14.7. The minimum Gasteiger partial charge on any atom is -0.389 e. The SMILES string of the molecule is Nc1nc(-c2nn(Cc3ccccc3F)c3c(F)cccc23)ncc1C(=O)N1CC(O)C1. The summed E-state index contributed by atoms with van der Waals surface area (Å²) >= 11 is 0. The zero-order valence-electron chi connectivity index (χ0n) is 16.7. The number of aliphatic hydroxyl groups is 1. The summed E-state index contributed by atoms with van der Waals surface area (Å²) in [4.78, 5) is 22.4. The summed E-state index contributed by atoms with van der Waals surface area (Å²) in [5.74, 6) is -1.25. The minimum absolute atomic E-state index is 0.00739. The molecule has 1 aliphatic rings. The molecule has 0 bridgehead atoms. The van der Waals surface area contributed by atoms with Crippen molar-refractivity contribution in [1.29, 1.82) is 0 Å². The van der Waals surface area contributed by atoms with E-state index in [-0.39, 0.29) is 54.0 Å². The molecule has 1 amide bonds. The summed E-state index contributed by atoms with van der Waals surface area (Å²) in [6.07, 6.45) is 0.756. The third-order valence-corrected chi connectivity index (χ3v) is 5.41. The lowest BCUT2D eigenvalue weighted by Gasteiger charge is -2.35. The summed E-state index contributed by atoms with van der Waals surface area (Å²) < 4.78 is 30.2. The number of aromatic nitrogens is 4. The van der Waals surface area contributed by atoms with Crippen molar-refractivity contribution in [1.82, 2.24) is 24.6 Å². The second-order valence-electron chi connectivity index (χ2n) is 7.59. The highest BCUT2D eigenvalue weighted by atomic mass is 19.1. The molecule has 0 atom stereocenters. The molecule has 0 aliphatic carbocycles. The van der Waals surface area contributed by atoms with Crippen molar-refractivity contribution in [3.8, 4) is 11.5 Å². The molecular weight excluding hydrogens is 418 g/mol. The second-order valence-corrected chi connectivity index (χ2v) is 7.59. The molecule has 0 saturated carbocycles. The fourth-order valence-electron chi connectivity index (χ4n) is 3.73. The lowest BCUT2D eigenvalue weighted by Crippen LogP contribution is -2.53. The molecule has 8 nitrogen and oxygen atoms in total. The van der Waals surface area contributed by atoms with Gasteiger partial charge in [0.25, 0.3) is 5.91 Å². The number of benzene rings is 2. The van der Waals surface area contributed by atoms with E-state index in [1.807, 2.05) is 0 Å². The lowest BCUT2D eigenvalue weighted by molar-refractivity contribution is 0.00591. The first kappa shape index (κ1) is 20.0. The van der Waals surface area contributed by atoms with Crippen LogP contribution in [-0.2, 0) is 6.54 Å². The average molecular weight is 436 g/mol. The van der Waals surface area contributed by atoms with Crippen LogP contribution in [0.25, 0.3) is 22.4 Å². The van der Waals surface area contributed by atoms with Gasteiger partial charge in [0.15, 0.2) is 5.82 Å². The number of halogens is 2. The fourth-order valence-corrected chi connectivity index (χ4v) is 3.73. The van der Waals surface area contributed by atoms with E-state index >= 15 is 0 Å². The Kier molecular flexibility index (Phi) is 4.78. The number of nitrogen functional groups attached to an aromatic ring is 1. The van der Waals surface area contributed by atoms with Crippen molar-refractivity contribution < 1.29 is 18.7 Å². The van der Waals surface area contributed by atoms with E-state index in [1.165, 1.54) is 34.0 Å². The van der Waals surface area contributed by atoms with Gasteiger partial charge in [-0.15, -0.1) is 0 Å². The summed E-state index contributed by atoms with van der Waals surface area (Å²) in [6.45, 7) is 0.461. The molecular formula is C22H18F2N6O2. The van der Waals surface area contributed by atoms with E-state index in [9.17, 15) is 18.7 Å². The third-order valence-electron chi connectivity index (χ3n) is 5.41. The number of carbonyl (C=O) groups excluding carboxylic acids is 1. The fraction of sp³-hybridized carbons (Fsp3) is 0.182. The van der Waals surface area contributed by atoms with Gasteiger partial charge in [-0.05, 0) is 12.1 Å². The Morgan fingerprint density at radius 2 is 1.88 bits per heavy atom. The highest BCUT2D eigenvalue weighted by Crippen LogP contribution is 2.29. The Morgan fingerprint density at radius 3 is 2.59 bits per heavy atom. The van der Waals surface area contributed by atoms with Crippen LogP contribution in [0, 0.1) is 11.6 Å². The molecule has 5 rings (SSSR count). The molecule has 162 valence electrons. The number of para-hydroxylation sites is 1. The molecule has 0 radical (unpaired) electrons. The van der Waals surface area contributed by atoms with Crippen molar-refractivity contribution in [3.63, 3.8) is 0 Å². The van der Waals surface area contributed by atoms with Crippen LogP contribution >= 0.6 is 0 Å². The predicted molar refractivity (Wildman–Crippen MR) is 113 cm³/mol. The Bertz CT molecular complexity index is 1350. The van der Waals surface area contributed by atoms with E-state index in [0.29, 0.717) is 10.9 Å². The van der Waals surface area contributed by atoms with E-state index in [0.717, 1.165) is 0 Å². The van der Waals surface area contributed by atoms with Gasteiger partial charge in [0.1, 0.15) is 34.2 Å². The monoisotopic (exact) mass is 436 g/mol. The van der Waals surface area contributed by atoms with Crippen molar-refractivity contribution in [2.45, 2.75) is 12.6 Å². The third kappa shape index (κ3) is 3.34. The zero-order valence-corrected chi connectivity index (χ0v) is 16.7. The topological polar surface area (TPSA) is 110 Å². The predicted octanol–water partition coefficient (Wildman–Crippen LogP) is 2.22.